The van der Waals surface area contributed by atoms with Crippen LogP contribution in [0.5, 0.6) is 0 Å². The molecule has 76 valence electrons. The van der Waals surface area contributed by atoms with E-state index in [0.29, 0.717) is 0 Å². The zero-order chi connectivity index (χ0) is 10.3. The Morgan fingerprint density at radius 2 is 2.08 bits per heavy atom. The predicted molar refractivity (Wildman–Crippen MR) is 54.7 cm³/mol. The summed E-state index contributed by atoms with van der Waals surface area (Å²) in [6, 6.07) is 0. The molecule has 0 aromatic rings. The van der Waals surface area contributed by atoms with Gasteiger partial charge in [0.2, 0.25) is 0 Å². The highest BCUT2D eigenvalue weighted by Gasteiger charge is 2.28. The Morgan fingerprint density at radius 3 is 2.46 bits per heavy atom. The van der Waals surface area contributed by atoms with Crippen LogP contribution in [-0.4, -0.2) is 11.1 Å². The highest BCUT2D eigenvalue weighted by atomic mass is 16.4. The van der Waals surface area contributed by atoms with Crippen molar-refractivity contribution in [2.45, 2.75) is 46.5 Å². The first-order valence-corrected chi connectivity index (χ1v) is 4.94. The van der Waals surface area contributed by atoms with Gasteiger partial charge in [0.05, 0.1) is 5.41 Å². The molecule has 1 atom stereocenters. The molecule has 2 heteroatoms. The standard InChI is InChI=1S/C11H20O2/c1-4-6-7-9-11(3,8-5-2)10(12)13/h5,8H,4,6-7,9H2,1-3H3,(H,12,13). The molecular formula is C11H20O2. The molecule has 0 amide bonds. The molecule has 0 saturated heterocycles. The molecular weight excluding hydrogens is 164 g/mol. The van der Waals surface area contributed by atoms with Gasteiger partial charge in [0.1, 0.15) is 0 Å². The molecule has 0 saturated carbocycles. The normalized spacial score (nSPS) is 15.9. The van der Waals surface area contributed by atoms with E-state index >= 15 is 0 Å². The Balaban J connectivity index is 4.17. The summed E-state index contributed by atoms with van der Waals surface area (Å²) in [5, 5.41) is 9.01. The number of hydrogen-bond donors (Lipinski definition) is 1. The first-order valence-electron chi connectivity index (χ1n) is 4.94. The molecule has 0 spiro atoms. The Kier molecular flexibility index (Phi) is 5.44. The number of carboxylic acids is 1. The van der Waals surface area contributed by atoms with Crippen LogP contribution in [0.25, 0.3) is 0 Å². The molecule has 0 aromatic carbocycles. The van der Waals surface area contributed by atoms with E-state index in [2.05, 4.69) is 6.92 Å². The quantitative estimate of drug-likeness (QED) is 0.508. The maximum absolute atomic E-state index is 11.0. The smallest absolute Gasteiger partial charge is 0.313 e. The van der Waals surface area contributed by atoms with Gasteiger partial charge in [0, 0.05) is 0 Å². The predicted octanol–water partition coefficient (Wildman–Crippen LogP) is 3.23. The molecule has 0 heterocycles. The van der Waals surface area contributed by atoms with Crippen molar-refractivity contribution < 1.29 is 9.90 Å². The van der Waals surface area contributed by atoms with Crippen molar-refractivity contribution in [2.75, 3.05) is 0 Å². The SMILES string of the molecule is CC=CC(C)(CCCCC)C(=O)O. The molecule has 0 fully saturated rings. The van der Waals surface area contributed by atoms with Crippen LogP contribution < -0.4 is 0 Å². The highest BCUT2D eigenvalue weighted by molar-refractivity contribution is 5.76. The van der Waals surface area contributed by atoms with Gasteiger partial charge in [-0.2, -0.15) is 0 Å². The lowest BCUT2D eigenvalue weighted by molar-refractivity contribution is -0.145. The fourth-order valence-electron chi connectivity index (χ4n) is 1.37. The molecule has 1 unspecified atom stereocenters. The van der Waals surface area contributed by atoms with Crippen molar-refractivity contribution in [3.63, 3.8) is 0 Å². The first-order chi connectivity index (χ1) is 6.06. The highest BCUT2D eigenvalue weighted by Crippen LogP contribution is 2.26. The zero-order valence-electron chi connectivity index (χ0n) is 8.84. The Bertz CT molecular complexity index is 185. The summed E-state index contributed by atoms with van der Waals surface area (Å²) in [6.45, 7) is 5.76. The van der Waals surface area contributed by atoms with Crippen LogP contribution in [0.15, 0.2) is 12.2 Å². The minimum atomic E-state index is -0.721. The number of carbonyl (C=O) groups is 1. The summed E-state index contributed by atoms with van der Waals surface area (Å²) in [4.78, 5) is 11.0. The Labute approximate surface area is 80.7 Å². The second-order valence-corrected chi connectivity index (χ2v) is 3.68. The number of allylic oxidation sites excluding steroid dienone is 1. The minimum Gasteiger partial charge on any atom is -0.481 e. The molecule has 0 aliphatic heterocycles. The van der Waals surface area contributed by atoms with Crippen LogP contribution in [0.4, 0.5) is 0 Å². The van der Waals surface area contributed by atoms with Crippen molar-refractivity contribution in [3.8, 4) is 0 Å². The van der Waals surface area contributed by atoms with Gasteiger partial charge < -0.3 is 5.11 Å². The summed E-state index contributed by atoms with van der Waals surface area (Å²) in [5.41, 5.74) is -0.663. The lowest BCUT2D eigenvalue weighted by Gasteiger charge is -2.20. The number of hydrogen-bond acceptors (Lipinski definition) is 1. The molecule has 1 N–H and O–H groups in total. The second kappa shape index (κ2) is 5.79. The molecule has 0 rings (SSSR count). The summed E-state index contributed by atoms with van der Waals surface area (Å²) in [6.07, 6.45) is 7.57. The molecule has 0 bridgehead atoms. The average Bonchev–Trinajstić information content (AvgIpc) is 2.05. The van der Waals surface area contributed by atoms with Crippen LogP contribution in [0.2, 0.25) is 0 Å². The second-order valence-electron chi connectivity index (χ2n) is 3.68. The van der Waals surface area contributed by atoms with Crippen LogP contribution >= 0.6 is 0 Å². The third kappa shape index (κ3) is 4.11. The van der Waals surface area contributed by atoms with E-state index in [1.807, 2.05) is 13.0 Å². The number of unbranched alkanes of at least 4 members (excludes halogenated alkanes) is 2. The van der Waals surface area contributed by atoms with Gasteiger partial charge in [0.25, 0.3) is 0 Å². The third-order valence-corrected chi connectivity index (χ3v) is 2.32. The van der Waals surface area contributed by atoms with Crippen LogP contribution in [0.3, 0.4) is 0 Å². The number of rotatable bonds is 6. The van der Waals surface area contributed by atoms with E-state index in [-0.39, 0.29) is 0 Å². The van der Waals surface area contributed by atoms with E-state index < -0.39 is 11.4 Å². The van der Waals surface area contributed by atoms with Crippen LogP contribution in [0.1, 0.15) is 46.5 Å². The molecule has 13 heavy (non-hydrogen) atoms. The van der Waals surface area contributed by atoms with E-state index in [4.69, 9.17) is 5.11 Å². The molecule has 2 nitrogen and oxygen atoms in total. The fraction of sp³-hybridized carbons (Fsp3) is 0.727. The summed E-state index contributed by atoms with van der Waals surface area (Å²) in [5.74, 6) is -0.721. The van der Waals surface area contributed by atoms with Crippen molar-refractivity contribution in [2.24, 2.45) is 5.41 Å². The van der Waals surface area contributed by atoms with Gasteiger partial charge in [-0.3, -0.25) is 4.79 Å². The van der Waals surface area contributed by atoms with Crippen molar-refractivity contribution in [1.82, 2.24) is 0 Å². The van der Waals surface area contributed by atoms with E-state index in [1.54, 1.807) is 13.0 Å². The summed E-state index contributed by atoms with van der Waals surface area (Å²) in [7, 11) is 0. The van der Waals surface area contributed by atoms with Gasteiger partial charge in [-0.05, 0) is 20.3 Å². The number of aliphatic carboxylic acids is 1. The first kappa shape index (κ1) is 12.2. The Morgan fingerprint density at radius 1 is 1.46 bits per heavy atom. The van der Waals surface area contributed by atoms with Gasteiger partial charge >= 0.3 is 5.97 Å². The largest absolute Gasteiger partial charge is 0.481 e. The minimum absolute atomic E-state index is 0.663. The zero-order valence-corrected chi connectivity index (χ0v) is 8.84. The van der Waals surface area contributed by atoms with Gasteiger partial charge in [-0.25, -0.2) is 0 Å². The molecule has 0 aliphatic carbocycles. The lowest BCUT2D eigenvalue weighted by Crippen LogP contribution is -2.24. The average molecular weight is 184 g/mol. The van der Waals surface area contributed by atoms with Crippen molar-refractivity contribution in [1.29, 1.82) is 0 Å². The van der Waals surface area contributed by atoms with E-state index in [9.17, 15) is 4.79 Å². The summed E-state index contributed by atoms with van der Waals surface area (Å²) >= 11 is 0. The van der Waals surface area contributed by atoms with Crippen LogP contribution in [-0.2, 0) is 4.79 Å². The van der Waals surface area contributed by atoms with Crippen molar-refractivity contribution in [3.05, 3.63) is 12.2 Å². The van der Waals surface area contributed by atoms with Gasteiger partial charge in [0.15, 0.2) is 0 Å². The molecule has 0 radical (unpaired) electrons. The monoisotopic (exact) mass is 184 g/mol. The maximum Gasteiger partial charge on any atom is 0.313 e. The Hall–Kier alpha value is -0.790. The summed E-state index contributed by atoms with van der Waals surface area (Å²) < 4.78 is 0. The topological polar surface area (TPSA) is 37.3 Å². The van der Waals surface area contributed by atoms with Gasteiger partial charge in [-0.15, -0.1) is 0 Å². The molecule has 0 aromatic heterocycles. The number of carboxylic acid groups (broad SMARTS) is 1. The van der Waals surface area contributed by atoms with Crippen LogP contribution in [0, 0.1) is 5.41 Å². The van der Waals surface area contributed by atoms with E-state index in [1.165, 1.54) is 0 Å². The van der Waals surface area contributed by atoms with Crippen molar-refractivity contribution >= 4 is 5.97 Å². The molecule has 0 aliphatic rings. The fourth-order valence-corrected chi connectivity index (χ4v) is 1.37. The third-order valence-electron chi connectivity index (χ3n) is 2.32. The lowest BCUT2D eigenvalue weighted by atomic mass is 9.84. The van der Waals surface area contributed by atoms with Gasteiger partial charge in [-0.1, -0.05) is 38.3 Å². The maximum atomic E-state index is 11.0. The van der Waals surface area contributed by atoms with E-state index in [0.717, 1.165) is 25.7 Å².